The Kier molecular flexibility index (Phi) is 5.60. The highest BCUT2D eigenvalue weighted by Gasteiger charge is 2.32. The summed E-state index contributed by atoms with van der Waals surface area (Å²) in [4.78, 5) is 23.0. The van der Waals surface area contributed by atoms with Crippen molar-refractivity contribution in [1.82, 2.24) is 10.9 Å². The van der Waals surface area contributed by atoms with Crippen LogP contribution < -0.4 is 10.9 Å². The summed E-state index contributed by atoms with van der Waals surface area (Å²) in [5.74, 6) is -0.446. The van der Waals surface area contributed by atoms with Gasteiger partial charge in [0.15, 0.2) is 0 Å². The number of nitrogens with one attached hydrogen (secondary N) is 2. The first-order chi connectivity index (χ1) is 7.97. The first-order valence-electron chi connectivity index (χ1n) is 5.79. The topological polar surface area (TPSA) is 76.7 Å². The van der Waals surface area contributed by atoms with Gasteiger partial charge in [0.1, 0.15) is 11.6 Å². The zero-order valence-electron chi connectivity index (χ0n) is 12.2. The van der Waals surface area contributed by atoms with E-state index in [0.717, 1.165) is 0 Å². The lowest BCUT2D eigenvalue weighted by molar-refractivity contribution is -0.146. The molecule has 0 unspecified atom stereocenters. The SMILES string of the molecule is COC(=O)[C@@H](NNC(=O)OC(C)(C)C)C(C)(C)C. The van der Waals surface area contributed by atoms with Crippen molar-refractivity contribution in [3.8, 4) is 0 Å². The molecule has 0 aliphatic rings. The zero-order valence-corrected chi connectivity index (χ0v) is 12.2. The van der Waals surface area contributed by atoms with Gasteiger partial charge in [-0.2, -0.15) is 0 Å². The van der Waals surface area contributed by atoms with E-state index in [9.17, 15) is 9.59 Å². The lowest BCUT2D eigenvalue weighted by atomic mass is 9.87. The molecule has 0 bridgehead atoms. The summed E-state index contributed by atoms with van der Waals surface area (Å²) in [6.07, 6.45) is -0.638. The van der Waals surface area contributed by atoms with E-state index in [2.05, 4.69) is 15.6 Å². The third kappa shape index (κ3) is 6.44. The molecule has 6 heteroatoms. The molecule has 6 nitrogen and oxygen atoms in total. The zero-order chi connectivity index (χ0) is 14.6. The van der Waals surface area contributed by atoms with Crippen LogP contribution in [0.4, 0.5) is 4.79 Å². The van der Waals surface area contributed by atoms with Crippen molar-refractivity contribution < 1.29 is 19.1 Å². The highest BCUT2D eigenvalue weighted by atomic mass is 16.6. The van der Waals surface area contributed by atoms with Crippen LogP contribution in [0.1, 0.15) is 41.5 Å². The number of amides is 1. The Morgan fingerprint density at radius 1 is 1.06 bits per heavy atom. The van der Waals surface area contributed by atoms with Gasteiger partial charge in [0.2, 0.25) is 0 Å². The molecule has 1 atom stereocenters. The van der Waals surface area contributed by atoms with Gasteiger partial charge >= 0.3 is 12.1 Å². The largest absolute Gasteiger partial charge is 0.468 e. The Labute approximate surface area is 108 Å². The van der Waals surface area contributed by atoms with E-state index in [1.54, 1.807) is 20.8 Å². The molecule has 0 aromatic rings. The first-order valence-corrected chi connectivity index (χ1v) is 5.79. The summed E-state index contributed by atoms with van der Waals surface area (Å²) in [7, 11) is 1.30. The third-order valence-electron chi connectivity index (χ3n) is 2.02. The standard InChI is InChI=1S/C12H24N2O4/c1-11(2,3)8(9(15)17-7)13-14-10(16)18-12(4,5)6/h8,13H,1-7H3,(H,14,16)/t8-/m1/s1. The lowest BCUT2D eigenvalue weighted by Crippen LogP contribution is -2.55. The van der Waals surface area contributed by atoms with Gasteiger partial charge in [-0.15, -0.1) is 0 Å². The molecule has 2 N–H and O–H groups in total. The van der Waals surface area contributed by atoms with E-state index in [1.165, 1.54) is 7.11 Å². The van der Waals surface area contributed by atoms with E-state index >= 15 is 0 Å². The molecular formula is C12H24N2O4. The van der Waals surface area contributed by atoms with Crippen LogP contribution in [0.15, 0.2) is 0 Å². The molecule has 106 valence electrons. The summed E-state index contributed by atoms with van der Waals surface area (Å²) in [6.45, 7) is 10.9. The summed E-state index contributed by atoms with van der Waals surface area (Å²) >= 11 is 0. The van der Waals surface area contributed by atoms with Crippen LogP contribution in [0.5, 0.6) is 0 Å². The van der Waals surface area contributed by atoms with Gasteiger partial charge in [-0.25, -0.2) is 10.2 Å². The molecule has 0 aliphatic carbocycles. The predicted octanol–water partition coefficient (Wildman–Crippen LogP) is 1.60. The Bertz CT molecular complexity index is 302. The van der Waals surface area contributed by atoms with Crippen molar-refractivity contribution in [3.05, 3.63) is 0 Å². The van der Waals surface area contributed by atoms with E-state index in [0.29, 0.717) is 0 Å². The van der Waals surface area contributed by atoms with Crippen LogP contribution in [0, 0.1) is 5.41 Å². The van der Waals surface area contributed by atoms with E-state index in [1.807, 2.05) is 20.8 Å². The van der Waals surface area contributed by atoms with Gasteiger partial charge in [-0.1, -0.05) is 20.8 Å². The molecule has 0 heterocycles. The molecule has 0 radical (unpaired) electrons. The molecule has 0 spiro atoms. The molecule has 0 aliphatic heterocycles. The monoisotopic (exact) mass is 260 g/mol. The van der Waals surface area contributed by atoms with Crippen LogP contribution in [-0.2, 0) is 14.3 Å². The van der Waals surface area contributed by atoms with Gasteiger partial charge in [-0.3, -0.25) is 10.2 Å². The molecule has 0 aromatic heterocycles. The van der Waals surface area contributed by atoms with E-state index < -0.39 is 29.1 Å². The molecule has 0 saturated carbocycles. The van der Waals surface area contributed by atoms with Crippen LogP contribution in [0.3, 0.4) is 0 Å². The van der Waals surface area contributed by atoms with Crippen LogP contribution in [0.2, 0.25) is 0 Å². The number of methoxy groups -OCH3 is 1. The fourth-order valence-electron chi connectivity index (χ4n) is 1.18. The number of esters is 1. The molecular weight excluding hydrogens is 236 g/mol. The van der Waals surface area contributed by atoms with E-state index in [4.69, 9.17) is 4.74 Å². The van der Waals surface area contributed by atoms with Gasteiger partial charge in [0, 0.05) is 0 Å². The number of hydrazine groups is 1. The fraction of sp³-hybridized carbons (Fsp3) is 0.833. The maximum atomic E-state index is 11.6. The van der Waals surface area contributed by atoms with Gasteiger partial charge in [0.05, 0.1) is 7.11 Å². The van der Waals surface area contributed by atoms with Crippen molar-refractivity contribution in [1.29, 1.82) is 0 Å². The maximum Gasteiger partial charge on any atom is 0.422 e. The average Bonchev–Trinajstić information content (AvgIpc) is 2.12. The van der Waals surface area contributed by atoms with Crippen molar-refractivity contribution in [2.24, 2.45) is 5.41 Å². The summed E-state index contributed by atoms with van der Waals surface area (Å²) < 4.78 is 9.73. The quantitative estimate of drug-likeness (QED) is 0.595. The minimum Gasteiger partial charge on any atom is -0.468 e. The number of rotatable bonds is 3. The first kappa shape index (κ1) is 16.7. The number of ether oxygens (including phenoxy) is 2. The Morgan fingerprint density at radius 3 is 1.89 bits per heavy atom. The van der Waals surface area contributed by atoms with Crippen molar-refractivity contribution in [2.45, 2.75) is 53.2 Å². The van der Waals surface area contributed by atoms with Crippen LogP contribution >= 0.6 is 0 Å². The molecule has 18 heavy (non-hydrogen) atoms. The molecule has 1 amide bonds. The third-order valence-corrected chi connectivity index (χ3v) is 2.02. The smallest absolute Gasteiger partial charge is 0.422 e. The van der Waals surface area contributed by atoms with Crippen LogP contribution in [0.25, 0.3) is 0 Å². The van der Waals surface area contributed by atoms with Crippen LogP contribution in [-0.4, -0.2) is 30.8 Å². The highest BCUT2D eigenvalue weighted by Crippen LogP contribution is 2.19. The van der Waals surface area contributed by atoms with Crippen molar-refractivity contribution in [2.75, 3.05) is 7.11 Å². The molecule has 0 fully saturated rings. The minimum absolute atomic E-state index is 0.401. The molecule has 0 saturated heterocycles. The second-order valence-electron chi connectivity index (χ2n) is 6.09. The predicted molar refractivity (Wildman–Crippen MR) is 67.8 cm³/mol. The lowest BCUT2D eigenvalue weighted by Gasteiger charge is -2.29. The number of hydrogen-bond donors (Lipinski definition) is 2. The minimum atomic E-state index is -0.657. The number of carbonyl (C=O) groups excluding carboxylic acids is 2. The Hall–Kier alpha value is -1.30. The summed E-state index contributed by atoms with van der Waals surface area (Å²) in [5, 5.41) is 0. The Balaban J connectivity index is 4.46. The van der Waals surface area contributed by atoms with Gasteiger partial charge in [-0.05, 0) is 26.2 Å². The van der Waals surface area contributed by atoms with Crippen molar-refractivity contribution in [3.63, 3.8) is 0 Å². The Morgan fingerprint density at radius 2 is 1.56 bits per heavy atom. The average molecular weight is 260 g/mol. The van der Waals surface area contributed by atoms with Crippen molar-refractivity contribution >= 4 is 12.1 Å². The summed E-state index contributed by atoms with van der Waals surface area (Å²) in [5.41, 5.74) is 3.99. The normalized spacial score (nSPS) is 13.7. The highest BCUT2D eigenvalue weighted by molar-refractivity contribution is 5.77. The molecule has 0 aromatic carbocycles. The van der Waals surface area contributed by atoms with Gasteiger partial charge < -0.3 is 9.47 Å². The second-order valence-corrected chi connectivity index (χ2v) is 6.09. The number of hydrogen-bond acceptors (Lipinski definition) is 5. The molecule has 0 rings (SSSR count). The second kappa shape index (κ2) is 6.04. The summed E-state index contributed by atoms with van der Waals surface area (Å²) in [6, 6.07) is -0.657. The van der Waals surface area contributed by atoms with E-state index in [-0.39, 0.29) is 0 Å². The van der Waals surface area contributed by atoms with Gasteiger partial charge in [0.25, 0.3) is 0 Å². The number of carbonyl (C=O) groups is 2. The maximum absolute atomic E-state index is 11.6. The fourth-order valence-corrected chi connectivity index (χ4v) is 1.18.